The van der Waals surface area contributed by atoms with Gasteiger partial charge in [0.1, 0.15) is 40.3 Å². The molecule has 1 saturated heterocycles. The van der Waals surface area contributed by atoms with Crippen LogP contribution in [0.5, 0.6) is 17.2 Å². The van der Waals surface area contributed by atoms with Gasteiger partial charge in [0.05, 0.1) is 29.4 Å². The molecule has 5 heterocycles. The van der Waals surface area contributed by atoms with Gasteiger partial charge >= 0.3 is 11.8 Å². The van der Waals surface area contributed by atoms with Crippen LogP contribution in [-0.4, -0.2) is 80.3 Å². The van der Waals surface area contributed by atoms with Gasteiger partial charge in [0.2, 0.25) is 5.43 Å². The zero-order valence-corrected chi connectivity index (χ0v) is 37.1. The maximum atomic E-state index is 14.6. The van der Waals surface area contributed by atoms with Crippen LogP contribution in [0.1, 0.15) is 85.5 Å². The molecule has 9 atom stereocenters. The standard InChI is InChI=1S/C48H57N3O12/c1-22-13-16-51(17-14-22)30-19-32(54)38-34(20-30)62-45-39(49-38)37-35-31(53)21-33-36(37)46(58)48(9,63-33)60-18-15-23(2)26(5)44(61-29(8)52)28(7)42(56)27(6)41(55)24(3)11-10-12-25(4)47(59)50-40(45)43(35)57/h10-12,15,18-24,26-28,41-42,44,53-56H,13-14,16-17H2,1-9H3,(H,50,59)/b11-10+,18-15+,25-12-/t23-,24-,26+,27+,28+,41-,42+,44+,48-/m0/s1. The smallest absolute Gasteiger partial charge is 0.312 e. The number of rotatable bonds is 2. The molecule has 1 amide bonds. The number of esters is 1. The normalized spacial score (nSPS) is 30.8. The van der Waals surface area contributed by atoms with Crippen LogP contribution in [0.25, 0.3) is 33.3 Å². The number of aliphatic hydroxyl groups is 2. The number of hydrogen-bond donors (Lipinski definition) is 5. The number of ether oxygens (including phenoxy) is 3. The lowest BCUT2D eigenvalue weighted by Crippen LogP contribution is -2.45. The van der Waals surface area contributed by atoms with E-state index >= 15 is 0 Å². The highest BCUT2D eigenvalue weighted by atomic mass is 16.7. The molecule has 5 aliphatic heterocycles. The third-order valence-corrected chi connectivity index (χ3v) is 13.3. The summed E-state index contributed by atoms with van der Waals surface area (Å²) < 4.78 is 24.4. The third-order valence-electron chi connectivity index (χ3n) is 13.3. The van der Waals surface area contributed by atoms with E-state index in [4.69, 9.17) is 23.6 Å². The number of aromatic nitrogens is 1. The molecule has 0 radical (unpaired) electrons. The number of aromatic hydroxyl groups is 2. The van der Waals surface area contributed by atoms with E-state index in [2.05, 4.69) is 17.1 Å². The predicted octanol–water partition coefficient (Wildman–Crippen LogP) is 7.20. The van der Waals surface area contributed by atoms with Gasteiger partial charge in [-0.1, -0.05) is 59.8 Å². The zero-order valence-electron chi connectivity index (χ0n) is 37.1. The molecule has 0 unspecified atom stereocenters. The van der Waals surface area contributed by atoms with E-state index in [-0.39, 0.29) is 67.6 Å². The number of Topliss-reactive ketones (excluding diaryl/α,β-unsaturated/α-hetero) is 1. The van der Waals surface area contributed by atoms with Crippen molar-refractivity contribution in [2.24, 2.45) is 35.5 Å². The Morgan fingerprint density at radius 2 is 1.60 bits per heavy atom. The van der Waals surface area contributed by atoms with Gasteiger partial charge in [0, 0.05) is 79.5 Å². The maximum Gasteiger partial charge on any atom is 0.312 e. The zero-order chi connectivity index (χ0) is 45.8. The summed E-state index contributed by atoms with van der Waals surface area (Å²) in [5.41, 5.74) is -0.547. The van der Waals surface area contributed by atoms with Crippen molar-refractivity contribution >= 4 is 50.9 Å². The molecule has 6 aliphatic rings. The Labute approximate surface area is 365 Å². The molecule has 0 spiro atoms. The minimum atomic E-state index is -2.01. The molecule has 8 rings (SSSR count). The quantitative estimate of drug-likeness (QED) is 0.0765. The van der Waals surface area contributed by atoms with Gasteiger partial charge < -0.3 is 49.3 Å². The molecule has 63 heavy (non-hydrogen) atoms. The fourth-order valence-corrected chi connectivity index (χ4v) is 8.98. The lowest BCUT2D eigenvalue weighted by atomic mass is 9.77. The Morgan fingerprint density at radius 3 is 2.29 bits per heavy atom. The molecule has 0 aromatic heterocycles. The highest BCUT2D eigenvalue weighted by molar-refractivity contribution is 6.22. The molecule has 15 nitrogen and oxygen atoms in total. The van der Waals surface area contributed by atoms with Crippen molar-refractivity contribution in [2.75, 3.05) is 23.3 Å². The molecule has 1 fully saturated rings. The van der Waals surface area contributed by atoms with Crippen LogP contribution in [0.2, 0.25) is 0 Å². The number of phenols is 2. The molecule has 2 aromatic rings. The first-order valence-electron chi connectivity index (χ1n) is 21.6. The predicted molar refractivity (Wildman–Crippen MR) is 237 cm³/mol. The van der Waals surface area contributed by atoms with E-state index in [0.29, 0.717) is 11.6 Å². The summed E-state index contributed by atoms with van der Waals surface area (Å²) >= 11 is 0. The van der Waals surface area contributed by atoms with E-state index in [9.17, 15) is 39.6 Å². The molecule has 0 saturated carbocycles. The molecule has 2 aromatic carbocycles. The number of aliphatic hydroxyl groups excluding tert-OH is 2. The first-order chi connectivity index (χ1) is 29.7. The molecule has 1 aliphatic carbocycles. The Balaban J connectivity index is 1.42. The topological polar surface area (TPSA) is 218 Å². The number of carbonyl (C=O) groups excluding carboxylic acids is 3. The van der Waals surface area contributed by atoms with Crippen molar-refractivity contribution in [1.82, 2.24) is 4.98 Å². The van der Waals surface area contributed by atoms with Crippen molar-refractivity contribution in [1.29, 1.82) is 0 Å². The lowest BCUT2D eigenvalue weighted by Gasteiger charge is -2.37. The first-order valence-corrected chi connectivity index (χ1v) is 21.6. The minimum Gasteiger partial charge on any atom is -0.507 e. The number of ketones is 1. The maximum absolute atomic E-state index is 14.6. The number of hydrogen-bond acceptors (Lipinski definition) is 14. The van der Waals surface area contributed by atoms with Gasteiger partial charge in [-0.15, -0.1) is 0 Å². The average molecular weight is 868 g/mol. The van der Waals surface area contributed by atoms with Gasteiger partial charge in [0.25, 0.3) is 11.7 Å². The Kier molecular flexibility index (Phi) is 12.4. The summed E-state index contributed by atoms with van der Waals surface area (Å²) in [6.07, 6.45) is 6.70. The highest BCUT2D eigenvalue weighted by Crippen LogP contribution is 2.49. The average Bonchev–Trinajstić information content (AvgIpc) is 3.49. The van der Waals surface area contributed by atoms with Crippen LogP contribution < -0.4 is 20.4 Å². The van der Waals surface area contributed by atoms with Gasteiger partial charge in [-0.2, -0.15) is 0 Å². The number of nitrogens with zero attached hydrogens (tertiary/aromatic N) is 2. The van der Waals surface area contributed by atoms with Gasteiger partial charge in [0.15, 0.2) is 11.3 Å². The van der Waals surface area contributed by atoms with Crippen LogP contribution in [0, 0.1) is 35.5 Å². The van der Waals surface area contributed by atoms with Gasteiger partial charge in [-0.05, 0) is 43.6 Å². The number of benzene rings is 3. The summed E-state index contributed by atoms with van der Waals surface area (Å²) in [5, 5.41) is 48.1. The molecule has 5 N–H and O–H groups in total. The Bertz CT molecular complexity index is 2590. The molecular weight excluding hydrogens is 811 g/mol. The number of fused-ring (bicyclic) bond motifs is 14. The fourth-order valence-electron chi connectivity index (χ4n) is 8.98. The van der Waals surface area contributed by atoms with Gasteiger partial charge in [-0.25, -0.2) is 4.98 Å². The van der Waals surface area contributed by atoms with Crippen molar-refractivity contribution in [3.63, 3.8) is 0 Å². The first kappa shape index (κ1) is 45.1. The number of anilines is 2. The van der Waals surface area contributed by atoms with Crippen molar-refractivity contribution in [3.8, 4) is 28.7 Å². The van der Waals surface area contributed by atoms with Crippen molar-refractivity contribution in [2.45, 2.75) is 99.3 Å². The van der Waals surface area contributed by atoms with Gasteiger partial charge in [-0.3, -0.25) is 19.2 Å². The Morgan fingerprint density at radius 1 is 0.905 bits per heavy atom. The molecule has 15 heteroatoms. The van der Waals surface area contributed by atoms with Crippen LogP contribution in [-0.2, 0) is 19.1 Å². The summed E-state index contributed by atoms with van der Waals surface area (Å²) in [5.74, 6) is -7.09. The second-order valence-electron chi connectivity index (χ2n) is 18.0. The number of amides is 1. The lowest BCUT2D eigenvalue weighted by molar-refractivity contribution is -0.158. The Hall–Kier alpha value is -5.93. The largest absolute Gasteiger partial charge is 0.507 e. The highest BCUT2D eigenvalue weighted by Gasteiger charge is 2.49. The number of carbonyl (C=O) groups is 3. The van der Waals surface area contributed by atoms with Crippen molar-refractivity contribution < 1.29 is 53.4 Å². The van der Waals surface area contributed by atoms with Crippen LogP contribution in [0.15, 0.2) is 63.6 Å². The SMILES string of the molecule is CC(=O)O[C@H]1[C@H](C)[C@H](O)[C@H](C)[C@@H](O)[C@@H](C)/C=C/C=C(/C)C(=O)Nc2c3oc4cc(N5CCC(C)CC5)cc(O)c4nc-3c3c4c(cc(O)c3c2=O)O[C@](C)(O/C=C/[C@H](C)[C@H]1C)C4=O. The van der Waals surface area contributed by atoms with E-state index in [1.807, 2.05) is 13.8 Å². The number of piperidine rings is 1. The summed E-state index contributed by atoms with van der Waals surface area (Å²) in [6, 6.07) is 4.41. The molecule has 336 valence electrons. The monoisotopic (exact) mass is 867 g/mol. The van der Waals surface area contributed by atoms with Crippen LogP contribution in [0.3, 0.4) is 0 Å². The number of allylic oxidation sites excluding steroid dienone is 3. The second-order valence-corrected chi connectivity index (χ2v) is 18.0. The van der Waals surface area contributed by atoms with E-state index in [0.717, 1.165) is 32.0 Å². The summed E-state index contributed by atoms with van der Waals surface area (Å²) in [6.45, 7) is 16.8. The third kappa shape index (κ3) is 8.36. The molecule has 5 bridgehead atoms. The molecular formula is C48H57N3O12. The summed E-state index contributed by atoms with van der Waals surface area (Å²) in [4.78, 5) is 62.4. The number of phenolic OH excluding ortho intramolecular Hbond substituents is 2. The van der Waals surface area contributed by atoms with E-state index < -0.39 is 76.6 Å². The van der Waals surface area contributed by atoms with E-state index in [1.54, 1.807) is 51.1 Å². The second kappa shape index (κ2) is 17.3. The van der Waals surface area contributed by atoms with E-state index in [1.165, 1.54) is 33.1 Å². The van der Waals surface area contributed by atoms with Crippen LogP contribution >= 0.6 is 0 Å². The fraction of sp³-hybridized carbons (Fsp3) is 0.479. The summed E-state index contributed by atoms with van der Waals surface area (Å²) in [7, 11) is 0. The van der Waals surface area contributed by atoms with Crippen molar-refractivity contribution in [3.05, 3.63) is 70.1 Å². The van der Waals surface area contributed by atoms with Crippen LogP contribution in [0.4, 0.5) is 11.4 Å². The minimum absolute atomic E-state index is 0.0104. The number of nitrogens with one attached hydrogen (secondary N) is 1.